The predicted molar refractivity (Wildman–Crippen MR) is 64.9 cm³/mol. The van der Waals surface area contributed by atoms with Crippen LogP contribution in [-0.2, 0) is 9.53 Å². The molecule has 2 unspecified atom stereocenters. The first-order valence-corrected chi connectivity index (χ1v) is 5.78. The molecule has 2 rings (SSSR count). The molecular weight excluding hydrogens is 252 g/mol. The van der Waals surface area contributed by atoms with Crippen LogP contribution in [0.5, 0.6) is 0 Å². The van der Waals surface area contributed by atoms with Gasteiger partial charge >= 0.3 is 5.97 Å². The van der Waals surface area contributed by atoms with E-state index in [1.165, 1.54) is 24.3 Å². The van der Waals surface area contributed by atoms with Gasteiger partial charge in [-0.3, -0.25) is 9.59 Å². The molecule has 102 valence electrons. The summed E-state index contributed by atoms with van der Waals surface area (Å²) in [4.78, 5) is 38.2. The minimum atomic E-state index is -1.07. The van der Waals surface area contributed by atoms with E-state index in [0.29, 0.717) is 0 Å². The SMILES string of the molecule is COC1CC(C(=O)O)N(C(=O)c2cc[nH]c(=O)c2)C1. The van der Waals surface area contributed by atoms with Crippen molar-refractivity contribution in [1.82, 2.24) is 9.88 Å². The fourth-order valence-electron chi connectivity index (χ4n) is 2.17. The van der Waals surface area contributed by atoms with Crippen LogP contribution in [0.3, 0.4) is 0 Å². The highest BCUT2D eigenvalue weighted by molar-refractivity contribution is 5.96. The van der Waals surface area contributed by atoms with Crippen molar-refractivity contribution in [3.05, 3.63) is 34.2 Å². The zero-order valence-electron chi connectivity index (χ0n) is 10.3. The number of amides is 1. The monoisotopic (exact) mass is 266 g/mol. The highest BCUT2D eigenvalue weighted by Gasteiger charge is 2.40. The molecule has 0 bridgehead atoms. The molecule has 0 spiro atoms. The molecule has 2 atom stereocenters. The number of aliphatic carboxylic acids is 1. The molecule has 19 heavy (non-hydrogen) atoms. The summed E-state index contributed by atoms with van der Waals surface area (Å²) in [5.41, 5.74) is -0.230. The van der Waals surface area contributed by atoms with Crippen LogP contribution < -0.4 is 5.56 Å². The third-order valence-electron chi connectivity index (χ3n) is 3.16. The number of pyridine rings is 1. The minimum Gasteiger partial charge on any atom is -0.480 e. The van der Waals surface area contributed by atoms with Gasteiger partial charge in [-0.1, -0.05) is 0 Å². The highest BCUT2D eigenvalue weighted by atomic mass is 16.5. The molecule has 1 aromatic heterocycles. The zero-order chi connectivity index (χ0) is 14.0. The van der Waals surface area contributed by atoms with Crippen molar-refractivity contribution in [2.45, 2.75) is 18.6 Å². The van der Waals surface area contributed by atoms with Crippen LogP contribution in [0.2, 0.25) is 0 Å². The quantitative estimate of drug-likeness (QED) is 0.781. The smallest absolute Gasteiger partial charge is 0.326 e. The lowest BCUT2D eigenvalue weighted by molar-refractivity contribution is -0.141. The molecule has 1 saturated heterocycles. The Hall–Kier alpha value is -2.15. The summed E-state index contributed by atoms with van der Waals surface area (Å²) in [7, 11) is 1.48. The van der Waals surface area contributed by atoms with E-state index in [9.17, 15) is 14.4 Å². The molecule has 1 amide bonds. The van der Waals surface area contributed by atoms with Crippen molar-refractivity contribution < 1.29 is 19.4 Å². The van der Waals surface area contributed by atoms with Crippen LogP contribution in [0.25, 0.3) is 0 Å². The summed E-state index contributed by atoms with van der Waals surface area (Å²) in [5.74, 6) is -1.55. The number of rotatable bonds is 3. The number of carboxylic acids is 1. The lowest BCUT2D eigenvalue weighted by atomic mass is 10.2. The van der Waals surface area contributed by atoms with E-state index in [1.54, 1.807) is 0 Å². The first-order chi connectivity index (χ1) is 9.02. The average molecular weight is 266 g/mol. The number of aromatic nitrogens is 1. The van der Waals surface area contributed by atoms with E-state index >= 15 is 0 Å². The summed E-state index contributed by atoms with van der Waals surface area (Å²) >= 11 is 0. The number of carboxylic acid groups (broad SMARTS) is 1. The Morgan fingerprint density at radius 2 is 2.26 bits per heavy atom. The number of hydrogen-bond acceptors (Lipinski definition) is 4. The normalized spacial score (nSPS) is 22.5. The van der Waals surface area contributed by atoms with Crippen molar-refractivity contribution in [2.24, 2.45) is 0 Å². The molecule has 2 N–H and O–H groups in total. The van der Waals surface area contributed by atoms with E-state index in [1.807, 2.05) is 0 Å². The Balaban J connectivity index is 2.26. The first kappa shape index (κ1) is 13.3. The molecule has 0 aromatic carbocycles. The Bertz CT molecular complexity index is 553. The van der Waals surface area contributed by atoms with Crippen molar-refractivity contribution in [3.63, 3.8) is 0 Å². The topological polar surface area (TPSA) is 99.7 Å². The zero-order valence-corrected chi connectivity index (χ0v) is 10.3. The van der Waals surface area contributed by atoms with E-state index in [0.717, 1.165) is 6.07 Å². The second-order valence-corrected chi connectivity index (χ2v) is 4.35. The number of likely N-dealkylation sites (tertiary alicyclic amines) is 1. The van der Waals surface area contributed by atoms with Crippen LogP contribution in [0, 0.1) is 0 Å². The van der Waals surface area contributed by atoms with Crippen LogP contribution in [0.15, 0.2) is 23.1 Å². The molecule has 7 heteroatoms. The Labute approximate surface area is 108 Å². The van der Waals surface area contributed by atoms with Crippen molar-refractivity contribution in [3.8, 4) is 0 Å². The largest absolute Gasteiger partial charge is 0.480 e. The van der Waals surface area contributed by atoms with Crippen LogP contribution in [0.4, 0.5) is 0 Å². The third kappa shape index (κ3) is 2.65. The number of carbonyl (C=O) groups excluding carboxylic acids is 1. The number of hydrogen-bond donors (Lipinski definition) is 2. The van der Waals surface area contributed by atoms with Gasteiger partial charge in [0.15, 0.2) is 0 Å². The number of nitrogens with zero attached hydrogens (tertiary/aromatic N) is 1. The van der Waals surface area contributed by atoms with Gasteiger partial charge in [0.25, 0.3) is 5.91 Å². The van der Waals surface area contributed by atoms with Crippen LogP contribution in [-0.4, -0.2) is 52.7 Å². The van der Waals surface area contributed by atoms with E-state index in [2.05, 4.69) is 4.98 Å². The lowest BCUT2D eigenvalue weighted by Crippen LogP contribution is -2.40. The molecule has 1 aromatic rings. The van der Waals surface area contributed by atoms with Gasteiger partial charge in [-0.15, -0.1) is 0 Å². The number of H-pyrrole nitrogens is 1. The van der Waals surface area contributed by atoms with Gasteiger partial charge < -0.3 is 19.7 Å². The Morgan fingerprint density at radius 3 is 2.84 bits per heavy atom. The second kappa shape index (κ2) is 5.23. The molecule has 2 heterocycles. The molecule has 0 saturated carbocycles. The summed E-state index contributed by atoms with van der Waals surface area (Å²) in [6.45, 7) is 0.207. The van der Waals surface area contributed by atoms with Gasteiger partial charge in [0.05, 0.1) is 6.10 Å². The third-order valence-corrected chi connectivity index (χ3v) is 3.16. The Morgan fingerprint density at radius 1 is 1.53 bits per heavy atom. The number of aromatic amines is 1. The van der Waals surface area contributed by atoms with Gasteiger partial charge in [0.1, 0.15) is 6.04 Å². The van der Waals surface area contributed by atoms with Gasteiger partial charge in [0.2, 0.25) is 5.56 Å². The second-order valence-electron chi connectivity index (χ2n) is 4.35. The molecule has 7 nitrogen and oxygen atoms in total. The summed E-state index contributed by atoms with van der Waals surface area (Å²) < 4.78 is 5.11. The maximum Gasteiger partial charge on any atom is 0.326 e. The highest BCUT2D eigenvalue weighted by Crippen LogP contribution is 2.22. The minimum absolute atomic E-state index is 0.173. The standard InChI is InChI=1S/C12H14N2O5/c1-19-8-5-9(12(17)18)14(6-8)11(16)7-2-3-13-10(15)4-7/h2-4,8-9H,5-6H2,1H3,(H,13,15)(H,17,18). The fourth-order valence-corrected chi connectivity index (χ4v) is 2.17. The number of nitrogens with one attached hydrogen (secondary N) is 1. The molecule has 0 radical (unpaired) electrons. The maximum atomic E-state index is 12.2. The maximum absolute atomic E-state index is 12.2. The molecule has 1 aliphatic heterocycles. The van der Waals surface area contributed by atoms with E-state index in [4.69, 9.17) is 9.84 Å². The van der Waals surface area contributed by atoms with Crippen molar-refractivity contribution in [1.29, 1.82) is 0 Å². The molecular formula is C12H14N2O5. The first-order valence-electron chi connectivity index (χ1n) is 5.78. The van der Waals surface area contributed by atoms with Crippen molar-refractivity contribution >= 4 is 11.9 Å². The van der Waals surface area contributed by atoms with E-state index in [-0.39, 0.29) is 24.6 Å². The van der Waals surface area contributed by atoms with Gasteiger partial charge in [-0.2, -0.15) is 0 Å². The Kier molecular flexibility index (Phi) is 3.66. The summed E-state index contributed by atoms with van der Waals surface area (Å²) in [5, 5.41) is 9.13. The number of carbonyl (C=O) groups is 2. The fraction of sp³-hybridized carbons (Fsp3) is 0.417. The number of ether oxygens (including phenoxy) is 1. The van der Waals surface area contributed by atoms with Gasteiger partial charge in [-0.05, 0) is 6.07 Å². The summed E-state index contributed by atoms with van der Waals surface area (Å²) in [6, 6.07) is 1.68. The average Bonchev–Trinajstić information content (AvgIpc) is 2.82. The molecule has 1 aliphatic rings. The van der Waals surface area contributed by atoms with E-state index < -0.39 is 23.5 Å². The van der Waals surface area contributed by atoms with Crippen LogP contribution >= 0.6 is 0 Å². The lowest BCUT2D eigenvalue weighted by Gasteiger charge is -2.21. The number of methoxy groups -OCH3 is 1. The van der Waals surface area contributed by atoms with Gasteiger partial charge in [0, 0.05) is 37.9 Å². The summed E-state index contributed by atoms with van der Waals surface area (Å²) in [6.07, 6.45) is 1.31. The van der Waals surface area contributed by atoms with Crippen LogP contribution in [0.1, 0.15) is 16.8 Å². The molecule has 1 fully saturated rings. The predicted octanol–water partition coefficient (Wildman–Crippen LogP) is -0.311. The van der Waals surface area contributed by atoms with Crippen molar-refractivity contribution in [2.75, 3.05) is 13.7 Å². The van der Waals surface area contributed by atoms with Gasteiger partial charge in [-0.25, -0.2) is 4.79 Å². The molecule has 0 aliphatic carbocycles.